The molecule has 3 heteroatoms. The number of hydrogen-bond donors (Lipinski definition) is 0. The highest BCUT2D eigenvalue weighted by atomic mass is 35.5. The number of carbonyl (C=O) groups excluding carboxylic acids is 1. The van der Waals surface area contributed by atoms with Crippen molar-refractivity contribution in [3.05, 3.63) is 34.6 Å². The quantitative estimate of drug-likeness (QED) is 0.555. The van der Waals surface area contributed by atoms with Crippen LogP contribution in [0, 0.1) is 11.7 Å². The number of benzene rings is 1. The molecule has 0 spiro atoms. The molecule has 1 aromatic carbocycles. The van der Waals surface area contributed by atoms with Crippen LogP contribution < -0.4 is 0 Å². The van der Waals surface area contributed by atoms with E-state index in [1.807, 2.05) is 0 Å². The summed E-state index contributed by atoms with van der Waals surface area (Å²) in [5, 5.41) is 0.0319. The van der Waals surface area contributed by atoms with E-state index in [0.717, 1.165) is 25.7 Å². The van der Waals surface area contributed by atoms with Crippen molar-refractivity contribution in [3.8, 4) is 0 Å². The molecule has 0 aromatic heterocycles. The lowest BCUT2D eigenvalue weighted by Gasteiger charge is -2.12. The van der Waals surface area contributed by atoms with E-state index in [4.69, 9.17) is 11.6 Å². The molecule has 1 aliphatic carbocycles. The molecule has 1 aliphatic rings. The second-order valence-corrected chi connectivity index (χ2v) is 5.09. The SMILES string of the molecule is O=C(c1ccc(F)c(Cl)c1)C1CCCCCC1. The Morgan fingerprint density at radius 3 is 2.41 bits per heavy atom. The van der Waals surface area contributed by atoms with Gasteiger partial charge in [-0.25, -0.2) is 4.39 Å². The number of rotatable bonds is 2. The van der Waals surface area contributed by atoms with E-state index in [1.54, 1.807) is 0 Å². The number of hydrogen-bond acceptors (Lipinski definition) is 1. The first-order valence-corrected chi connectivity index (χ1v) is 6.55. The Kier molecular flexibility index (Phi) is 4.16. The summed E-state index contributed by atoms with van der Waals surface area (Å²) < 4.78 is 13.0. The molecule has 0 amide bonds. The van der Waals surface area contributed by atoms with E-state index in [9.17, 15) is 9.18 Å². The molecule has 1 fully saturated rings. The topological polar surface area (TPSA) is 17.1 Å². The molecule has 0 unspecified atom stereocenters. The van der Waals surface area contributed by atoms with Gasteiger partial charge in [0.1, 0.15) is 5.82 Å². The fraction of sp³-hybridized carbons (Fsp3) is 0.500. The fourth-order valence-corrected chi connectivity index (χ4v) is 2.61. The minimum atomic E-state index is -0.468. The molecule has 0 saturated heterocycles. The molecule has 92 valence electrons. The van der Waals surface area contributed by atoms with Crippen LogP contribution in [0.3, 0.4) is 0 Å². The van der Waals surface area contributed by atoms with Crippen molar-refractivity contribution in [1.29, 1.82) is 0 Å². The van der Waals surface area contributed by atoms with Crippen molar-refractivity contribution < 1.29 is 9.18 Å². The van der Waals surface area contributed by atoms with Crippen LogP contribution >= 0.6 is 11.6 Å². The Labute approximate surface area is 106 Å². The van der Waals surface area contributed by atoms with Gasteiger partial charge in [-0.2, -0.15) is 0 Å². The summed E-state index contributed by atoms with van der Waals surface area (Å²) in [4.78, 5) is 12.2. The molecule has 0 bridgehead atoms. The zero-order valence-corrected chi connectivity index (χ0v) is 10.5. The van der Waals surface area contributed by atoms with Gasteiger partial charge >= 0.3 is 0 Å². The third-order valence-corrected chi connectivity index (χ3v) is 3.72. The molecule has 17 heavy (non-hydrogen) atoms. The van der Waals surface area contributed by atoms with Gasteiger partial charge < -0.3 is 0 Å². The van der Waals surface area contributed by atoms with Gasteiger partial charge in [0.2, 0.25) is 0 Å². The fourth-order valence-electron chi connectivity index (χ4n) is 2.43. The normalized spacial score (nSPS) is 17.8. The Bertz CT molecular complexity index is 409. The average molecular weight is 255 g/mol. The van der Waals surface area contributed by atoms with Gasteiger partial charge in [-0.3, -0.25) is 4.79 Å². The van der Waals surface area contributed by atoms with Gasteiger partial charge in [0.15, 0.2) is 5.78 Å². The zero-order chi connectivity index (χ0) is 12.3. The van der Waals surface area contributed by atoms with Crippen LogP contribution in [0.5, 0.6) is 0 Å². The monoisotopic (exact) mass is 254 g/mol. The van der Waals surface area contributed by atoms with Crippen molar-refractivity contribution in [3.63, 3.8) is 0 Å². The van der Waals surface area contributed by atoms with Crippen molar-refractivity contribution in [1.82, 2.24) is 0 Å². The van der Waals surface area contributed by atoms with Gasteiger partial charge in [0, 0.05) is 11.5 Å². The van der Waals surface area contributed by atoms with Crippen LogP contribution in [0.15, 0.2) is 18.2 Å². The Morgan fingerprint density at radius 1 is 1.18 bits per heavy atom. The average Bonchev–Trinajstić information content (AvgIpc) is 2.60. The number of Topliss-reactive ketones (excluding diaryl/α,β-unsaturated/α-hetero) is 1. The number of halogens is 2. The first-order chi connectivity index (χ1) is 8.18. The van der Waals surface area contributed by atoms with Crippen molar-refractivity contribution in [2.75, 3.05) is 0 Å². The lowest BCUT2D eigenvalue weighted by Crippen LogP contribution is -2.14. The Balaban J connectivity index is 2.14. The van der Waals surface area contributed by atoms with Crippen LogP contribution in [0.4, 0.5) is 4.39 Å². The van der Waals surface area contributed by atoms with Crippen LogP contribution in [-0.2, 0) is 0 Å². The molecule has 0 heterocycles. The minimum Gasteiger partial charge on any atom is -0.294 e. The van der Waals surface area contributed by atoms with Crippen LogP contribution in [0.1, 0.15) is 48.9 Å². The van der Waals surface area contributed by atoms with Gasteiger partial charge in [-0.1, -0.05) is 37.3 Å². The molecule has 1 saturated carbocycles. The second kappa shape index (κ2) is 5.63. The third kappa shape index (κ3) is 3.06. The van der Waals surface area contributed by atoms with Crippen molar-refractivity contribution in [2.24, 2.45) is 5.92 Å². The smallest absolute Gasteiger partial charge is 0.165 e. The van der Waals surface area contributed by atoms with E-state index in [0.29, 0.717) is 5.56 Å². The van der Waals surface area contributed by atoms with Crippen LogP contribution in [0.2, 0.25) is 5.02 Å². The van der Waals surface area contributed by atoms with Gasteiger partial charge in [0.05, 0.1) is 5.02 Å². The molecular weight excluding hydrogens is 239 g/mol. The second-order valence-electron chi connectivity index (χ2n) is 4.68. The summed E-state index contributed by atoms with van der Waals surface area (Å²) in [5.41, 5.74) is 0.545. The lowest BCUT2D eigenvalue weighted by atomic mass is 9.91. The first-order valence-electron chi connectivity index (χ1n) is 6.18. The summed E-state index contributed by atoms with van der Waals surface area (Å²) in [5.74, 6) is -0.253. The van der Waals surface area contributed by atoms with E-state index in [1.165, 1.54) is 31.0 Å². The standard InChI is InChI=1S/C14H16ClFO/c15-12-9-11(7-8-13(12)16)14(17)10-5-3-1-2-4-6-10/h7-10H,1-6H2. The molecule has 1 nitrogen and oxygen atoms in total. The van der Waals surface area contributed by atoms with E-state index < -0.39 is 5.82 Å². The molecule has 1 aromatic rings. The summed E-state index contributed by atoms with van der Waals surface area (Å²) in [6.45, 7) is 0. The van der Waals surface area contributed by atoms with Crippen LogP contribution in [0.25, 0.3) is 0 Å². The number of carbonyl (C=O) groups is 1. The van der Waals surface area contributed by atoms with Crippen LogP contribution in [-0.4, -0.2) is 5.78 Å². The van der Waals surface area contributed by atoms with E-state index in [-0.39, 0.29) is 16.7 Å². The van der Waals surface area contributed by atoms with Crippen molar-refractivity contribution >= 4 is 17.4 Å². The molecule has 0 aliphatic heterocycles. The van der Waals surface area contributed by atoms with Gasteiger partial charge in [-0.15, -0.1) is 0 Å². The highest BCUT2D eigenvalue weighted by Crippen LogP contribution is 2.27. The molecule has 0 atom stereocenters. The highest BCUT2D eigenvalue weighted by molar-refractivity contribution is 6.31. The van der Waals surface area contributed by atoms with Crippen molar-refractivity contribution in [2.45, 2.75) is 38.5 Å². The predicted molar refractivity (Wildman–Crippen MR) is 66.9 cm³/mol. The molecule has 2 rings (SSSR count). The molecular formula is C14H16ClFO. The van der Waals surface area contributed by atoms with E-state index >= 15 is 0 Å². The Morgan fingerprint density at radius 2 is 1.82 bits per heavy atom. The number of ketones is 1. The summed E-state index contributed by atoms with van der Waals surface area (Å²) in [6, 6.07) is 4.25. The van der Waals surface area contributed by atoms with Gasteiger partial charge in [0.25, 0.3) is 0 Å². The highest BCUT2D eigenvalue weighted by Gasteiger charge is 2.21. The zero-order valence-electron chi connectivity index (χ0n) is 9.72. The van der Waals surface area contributed by atoms with E-state index in [2.05, 4.69) is 0 Å². The summed E-state index contributed by atoms with van der Waals surface area (Å²) in [7, 11) is 0. The first kappa shape index (κ1) is 12.6. The summed E-state index contributed by atoms with van der Waals surface area (Å²) in [6.07, 6.45) is 6.57. The summed E-state index contributed by atoms with van der Waals surface area (Å²) >= 11 is 5.70. The largest absolute Gasteiger partial charge is 0.294 e. The molecule has 0 N–H and O–H groups in total. The lowest BCUT2D eigenvalue weighted by molar-refractivity contribution is 0.0908. The maximum absolute atomic E-state index is 13.0. The van der Waals surface area contributed by atoms with Gasteiger partial charge in [-0.05, 0) is 31.0 Å². The maximum Gasteiger partial charge on any atom is 0.165 e. The molecule has 0 radical (unpaired) electrons. The maximum atomic E-state index is 13.0. The third-order valence-electron chi connectivity index (χ3n) is 3.43. The minimum absolute atomic E-state index is 0.0319. The Hall–Kier alpha value is -0.890. The predicted octanol–water partition coefficient (Wildman–Crippen LogP) is 4.63.